The first-order valence-corrected chi connectivity index (χ1v) is 11.1. The van der Waals surface area contributed by atoms with Crippen molar-refractivity contribution in [2.75, 3.05) is 0 Å². The van der Waals surface area contributed by atoms with Crippen molar-refractivity contribution >= 4 is 11.0 Å². The molecule has 34 heavy (non-hydrogen) atoms. The van der Waals surface area contributed by atoms with Crippen molar-refractivity contribution in [3.63, 3.8) is 0 Å². The number of aromatic nitrogens is 3. The van der Waals surface area contributed by atoms with Gasteiger partial charge >= 0.3 is 0 Å². The molecule has 8 heteroatoms. The lowest BCUT2D eigenvalue weighted by Gasteiger charge is -2.16. The number of aliphatic hydroxyl groups is 1. The first kappa shape index (κ1) is 22.3. The Morgan fingerprint density at radius 2 is 1.91 bits per heavy atom. The third-order valence-electron chi connectivity index (χ3n) is 6.49. The van der Waals surface area contributed by atoms with Gasteiger partial charge in [-0.3, -0.25) is 9.36 Å². The van der Waals surface area contributed by atoms with Gasteiger partial charge in [0.15, 0.2) is 11.6 Å². The number of imidazole rings is 1. The largest absolute Gasteiger partial charge is 0.489 e. The topological polar surface area (TPSA) is 69.3 Å². The Hall–Kier alpha value is -3.52. The van der Waals surface area contributed by atoms with Gasteiger partial charge in [-0.2, -0.15) is 0 Å². The molecule has 2 unspecified atom stereocenters. The molecule has 4 aromatic rings. The molecule has 0 aliphatic heterocycles. The number of hydrogen-bond donors (Lipinski definition) is 1. The van der Waals surface area contributed by atoms with Gasteiger partial charge in [0.1, 0.15) is 18.2 Å². The van der Waals surface area contributed by atoms with E-state index in [1.807, 2.05) is 43.7 Å². The fourth-order valence-corrected chi connectivity index (χ4v) is 4.50. The summed E-state index contributed by atoms with van der Waals surface area (Å²) in [4.78, 5) is 17.5. The van der Waals surface area contributed by atoms with Gasteiger partial charge in [0, 0.05) is 25.2 Å². The summed E-state index contributed by atoms with van der Waals surface area (Å²) in [5, 5.41) is 10.3. The zero-order valence-corrected chi connectivity index (χ0v) is 19.1. The highest BCUT2D eigenvalue weighted by atomic mass is 19.2. The van der Waals surface area contributed by atoms with Gasteiger partial charge in [-0.15, -0.1) is 0 Å². The molecule has 0 bridgehead atoms. The number of fused-ring (bicyclic) bond motifs is 1. The molecule has 2 aromatic carbocycles. The van der Waals surface area contributed by atoms with Crippen molar-refractivity contribution in [3.05, 3.63) is 88.1 Å². The monoisotopic (exact) mass is 465 g/mol. The summed E-state index contributed by atoms with van der Waals surface area (Å²) in [5.74, 6) is -0.187. The van der Waals surface area contributed by atoms with E-state index in [2.05, 4.69) is 0 Å². The van der Waals surface area contributed by atoms with Gasteiger partial charge in [0.2, 0.25) is 0 Å². The predicted octanol–water partition coefficient (Wildman–Crippen LogP) is 4.46. The molecule has 1 fully saturated rings. The number of ether oxygens (including phenoxy) is 1. The molecule has 1 aliphatic carbocycles. The Kier molecular flexibility index (Phi) is 5.28. The Labute approximate surface area is 195 Å². The third-order valence-corrected chi connectivity index (χ3v) is 6.49. The van der Waals surface area contributed by atoms with E-state index in [1.54, 1.807) is 12.3 Å². The van der Waals surface area contributed by atoms with Crippen molar-refractivity contribution in [2.45, 2.75) is 38.4 Å². The van der Waals surface area contributed by atoms with Crippen LogP contribution in [0.1, 0.15) is 37.6 Å². The lowest BCUT2D eigenvalue weighted by molar-refractivity contribution is 0.0542. The highest BCUT2D eigenvalue weighted by molar-refractivity contribution is 5.78. The van der Waals surface area contributed by atoms with E-state index < -0.39 is 17.2 Å². The number of halogens is 2. The summed E-state index contributed by atoms with van der Waals surface area (Å²) >= 11 is 0. The van der Waals surface area contributed by atoms with Crippen molar-refractivity contribution in [2.24, 2.45) is 13.0 Å². The molecule has 1 N–H and O–H groups in total. The van der Waals surface area contributed by atoms with E-state index in [-0.39, 0.29) is 24.0 Å². The lowest BCUT2D eigenvalue weighted by Crippen LogP contribution is -2.22. The second-order valence-electron chi connectivity index (χ2n) is 9.41. The molecule has 6 nitrogen and oxygen atoms in total. The number of nitrogens with zero attached hydrogens (tertiary/aromatic N) is 3. The van der Waals surface area contributed by atoms with E-state index >= 15 is 0 Å². The van der Waals surface area contributed by atoms with Crippen LogP contribution in [0.2, 0.25) is 0 Å². The first-order chi connectivity index (χ1) is 16.1. The average Bonchev–Trinajstić information content (AvgIpc) is 3.53. The van der Waals surface area contributed by atoms with Crippen LogP contribution in [0.15, 0.2) is 59.5 Å². The summed E-state index contributed by atoms with van der Waals surface area (Å²) in [6.45, 7) is 3.67. The Morgan fingerprint density at radius 3 is 2.59 bits per heavy atom. The summed E-state index contributed by atoms with van der Waals surface area (Å²) in [6.07, 6.45) is 2.52. The highest BCUT2D eigenvalue weighted by Gasteiger charge is 2.49. The smallest absolute Gasteiger partial charge is 0.258 e. The van der Waals surface area contributed by atoms with Crippen LogP contribution >= 0.6 is 0 Å². The number of rotatable bonds is 6. The molecule has 0 saturated heterocycles. The maximum atomic E-state index is 13.4. The second kappa shape index (κ2) is 8.06. The standard InChI is InChI=1S/C26H25F2N3O3/c1-26(2,33)19-13-18(19)25-29-22-7-5-16(11-23(22)30(25)3)31-9-8-17(12-24(31)32)34-14-15-4-6-20(27)21(28)10-15/h4-12,18-19,33H,13-14H2,1-3H3. The minimum atomic E-state index is -0.942. The van der Waals surface area contributed by atoms with Crippen LogP contribution in [-0.4, -0.2) is 24.8 Å². The van der Waals surface area contributed by atoms with E-state index in [1.165, 1.54) is 16.7 Å². The molecule has 0 radical (unpaired) electrons. The minimum absolute atomic E-state index is 0.0111. The molecule has 1 saturated carbocycles. The molecule has 0 amide bonds. The Bertz CT molecular complexity index is 1450. The van der Waals surface area contributed by atoms with Gasteiger partial charge in [-0.25, -0.2) is 13.8 Å². The Balaban J connectivity index is 1.37. The van der Waals surface area contributed by atoms with Crippen LogP contribution in [0, 0.1) is 17.6 Å². The maximum Gasteiger partial charge on any atom is 0.258 e. The van der Waals surface area contributed by atoms with Crippen LogP contribution in [0.3, 0.4) is 0 Å². The van der Waals surface area contributed by atoms with E-state index in [9.17, 15) is 18.7 Å². The number of benzene rings is 2. The van der Waals surface area contributed by atoms with Crippen LogP contribution in [0.5, 0.6) is 5.75 Å². The van der Waals surface area contributed by atoms with Crippen molar-refractivity contribution in [1.82, 2.24) is 14.1 Å². The molecular formula is C26H25F2N3O3. The normalized spacial score (nSPS) is 17.8. The predicted molar refractivity (Wildman–Crippen MR) is 124 cm³/mol. The fourth-order valence-electron chi connectivity index (χ4n) is 4.50. The van der Waals surface area contributed by atoms with Gasteiger partial charge in [-0.05, 0) is 68.1 Å². The zero-order valence-electron chi connectivity index (χ0n) is 19.1. The van der Waals surface area contributed by atoms with Gasteiger partial charge in [0.05, 0.1) is 22.3 Å². The molecular weight excluding hydrogens is 440 g/mol. The highest BCUT2D eigenvalue weighted by Crippen LogP contribution is 2.53. The van der Waals surface area contributed by atoms with Crippen LogP contribution < -0.4 is 10.3 Å². The van der Waals surface area contributed by atoms with Crippen LogP contribution in [-0.2, 0) is 13.7 Å². The van der Waals surface area contributed by atoms with E-state index in [0.29, 0.717) is 17.0 Å². The van der Waals surface area contributed by atoms with Crippen molar-refractivity contribution in [3.8, 4) is 11.4 Å². The maximum absolute atomic E-state index is 13.4. The minimum Gasteiger partial charge on any atom is -0.489 e. The molecule has 2 atom stereocenters. The molecule has 176 valence electrons. The van der Waals surface area contributed by atoms with Gasteiger partial charge in [0.25, 0.3) is 5.56 Å². The van der Waals surface area contributed by atoms with Crippen molar-refractivity contribution < 1.29 is 18.6 Å². The van der Waals surface area contributed by atoms with Crippen LogP contribution in [0.25, 0.3) is 16.7 Å². The lowest BCUT2D eigenvalue weighted by atomic mass is 10.0. The van der Waals surface area contributed by atoms with E-state index in [0.717, 1.165) is 35.4 Å². The number of aryl methyl sites for hydroxylation is 1. The molecule has 1 aliphatic rings. The number of hydrogen-bond acceptors (Lipinski definition) is 4. The molecule has 2 aromatic heterocycles. The SMILES string of the molecule is Cn1c(C2CC2C(C)(C)O)nc2ccc(-n3ccc(OCc4ccc(F)c(F)c4)cc3=O)cc21. The van der Waals surface area contributed by atoms with Crippen LogP contribution in [0.4, 0.5) is 8.78 Å². The molecule has 2 heterocycles. The summed E-state index contributed by atoms with van der Waals surface area (Å²) in [7, 11) is 1.95. The molecule has 5 rings (SSSR count). The first-order valence-electron chi connectivity index (χ1n) is 11.1. The fraction of sp³-hybridized carbons (Fsp3) is 0.308. The van der Waals surface area contributed by atoms with Gasteiger partial charge < -0.3 is 14.4 Å². The molecule has 0 spiro atoms. The average molecular weight is 466 g/mol. The summed E-state index contributed by atoms with van der Waals surface area (Å²) < 4.78 is 35.6. The second-order valence-corrected chi connectivity index (χ2v) is 9.41. The van der Waals surface area contributed by atoms with Crippen molar-refractivity contribution in [1.29, 1.82) is 0 Å². The summed E-state index contributed by atoms with van der Waals surface area (Å²) in [5.41, 5.74) is 1.86. The number of pyridine rings is 1. The third kappa shape index (κ3) is 4.09. The quantitative estimate of drug-likeness (QED) is 0.457. The summed E-state index contributed by atoms with van der Waals surface area (Å²) in [6, 6.07) is 12.2. The zero-order chi connectivity index (χ0) is 24.2. The van der Waals surface area contributed by atoms with Gasteiger partial charge in [-0.1, -0.05) is 6.07 Å². The Morgan fingerprint density at radius 1 is 1.12 bits per heavy atom. The van der Waals surface area contributed by atoms with E-state index in [4.69, 9.17) is 9.72 Å².